The number of halogens is 1. The van der Waals surface area contributed by atoms with Crippen LogP contribution in [0.5, 0.6) is 0 Å². The summed E-state index contributed by atoms with van der Waals surface area (Å²) < 4.78 is 5.34. The molecule has 9 heavy (non-hydrogen) atoms. The van der Waals surface area contributed by atoms with Gasteiger partial charge in [-0.3, -0.25) is 0 Å². The molecule has 0 aliphatic carbocycles. The van der Waals surface area contributed by atoms with Crippen molar-refractivity contribution in [1.82, 2.24) is 5.32 Å². The van der Waals surface area contributed by atoms with Gasteiger partial charge in [0.05, 0.1) is 6.10 Å². The van der Waals surface area contributed by atoms with E-state index in [1.165, 1.54) is 6.42 Å². The Kier molecular flexibility index (Phi) is 5.15. The summed E-state index contributed by atoms with van der Waals surface area (Å²) in [6, 6.07) is 0. The molecule has 0 saturated carbocycles. The number of rotatable bonds is 2. The second kappa shape index (κ2) is 5.03. The fourth-order valence-electron chi connectivity index (χ4n) is 1.01. The maximum Gasteiger partial charge on any atom is 0.0711 e. The zero-order chi connectivity index (χ0) is 5.82. The largest absolute Gasteiger partial charge is 0.377 e. The zero-order valence-corrected chi connectivity index (χ0v) is 6.54. The van der Waals surface area contributed by atoms with Gasteiger partial charge in [0, 0.05) is 13.2 Å². The van der Waals surface area contributed by atoms with Crippen molar-refractivity contribution in [3.05, 3.63) is 0 Å². The first kappa shape index (κ1) is 9.21. The monoisotopic (exact) mass is 151 g/mol. The van der Waals surface area contributed by atoms with E-state index in [0.29, 0.717) is 6.10 Å². The molecule has 1 heterocycles. The van der Waals surface area contributed by atoms with Gasteiger partial charge in [0.15, 0.2) is 0 Å². The molecule has 2 nitrogen and oxygen atoms in total. The van der Waals surface area contributed by atoms with Crippen LogP contribution in [0.3, 0.4) is 0 Å². The van der Waals surface area contributed by atoms with Crippen LogP contribution in [0.2, 0.25) is 0 Å². The van der Waals surface area contributed by atoms with E-state index in [1.807, 2.05) is 6.92 Å². The minimum atomic E-state index is 0. The summed E-state index contributed by atoms with van der Waals surface area (Å²) in [4.78, 5) is 0. The normalized spacial score (nSPS) is 25.7. The van der Waals surface area contributed by atoms with Crippen LogP contribution in [-0.2, 0) is 4.74 Å². The molecule has 1 atom stereocenters. The first-order valence-electron chi connectivity index (χ1n) is 3.26. The second-order valence-corrected chi connectivity index (χ2v) is 2.07. The molecule has 0 unspecified atom stereocenters. The van der Waals surface area contributed by atoms with Crippen LogP contribution >= 0.6 is 12.4 Å². The van der Waals surface area contributed by atoms with Crippen molar-refractivity contribution in [1.29, 1.82) is 0 Å². The van der Waals surface area contributed by atoms with Gasteiger partial charge < -0.3 is 10.1 Å². The Balaban J connectivity index is 0.000000640. The van der Waals surface area contributed by atoms with Gasteiger partial charge in [-0.15, -0.1) is 12.4 Å². The Labute approximate surface area is 62.4 Å². The fourth-order valence-corrected chi connectivity index (χ4v) is 1.01. The number of hydrogen-bond acceptors (Lipinski definition) is 2. The maximum atomic E-state index is 5.34. The average Bonchev–Trinajstić information content (AvgIpc) is 2.19. The molecule has 1 fully saturated rings. The maximum absolute atomic E-state index is 5.34. The summed E-state index contributed by atoms with van der Waals surface area (Å²) in [5, 5.41) is 3.23. The fraction of sp³-hybridized carbons (Fsp3) is 1.00. The molecular formula is C6H14ClNO. The highest BCUT2D eigenvalue weighted by molar-refractivity contribution is 5.85. The molecule has 3 heteroatoms. The van der Waals surface area contributed by atoms with Crippen molar-refractivity contribution in [3.8, 4) is 0 Å². The van der Waals surface area contributed by atoms with E-state index in [2.05, 4.69) is 5.32 Å². The van der Waals surface area contributed by atoms with Gasteiger partial charge in [-0.2, -0.15) is 0 Å². The SMILES string of the molecule is CCO[C@H]1CCNC1.Cl. The molecule has 1 saturated heterocycles. The summed E-state index contributed by atoms with van der Waals surface area (Å²) in [5.74, 6) is 0. The summed E-state index contributed by atoms with van der Waals surface area (Å²) in [5.41, 5.74) is 0. The Morgan fingerprint density at radius 3 is 2.89 bits per heavy atom. The van der Waals surface area contributed by atoms with Crippen molar-refractivity contribution < 1.29 is 4.74 Å². The summed E-state index contributed by atoms with van der Waals surface area (Å²) >= 11 is 0. The van der Waals surface area contributed by atoms with Gasteiger partial charge in [0.2, 0.25) is 0 Å². The topological polar surface area (TPSA) is 21.3 Å². The Morgan fingerprint density at radius 2 is 2.44 bits per heavy atom. The van der Waals surface area contributed by atoms with Crippen LogP contribution < -0.4 is 5.32 Å². The minimum Gasteiger partial charge on any atom is -0.377 e. The van der Waals surface area contributed by atoms with E-state index in [0.717, 1.165) is 19.7 Å². The predicted octanol–water partition coefficient (Wildman–Crippen LogP) is 0.807. The third kappa shape index (κ3) is 3.04. The zero-order valence-electron chi connectivity index (χ0n) is 5.72. The van der Waals surface area contributed by atoms with Gasteiger partial charge >= 0.3 is 0 Å². The van der Waals surface area contributed by atoms with Crippen molar-refractivity contribution in [2.24, 2.45) is 0 Å². The Hall–Kier alpha value is 0.210. The van der Waals surface area contributed by atoms with Crippen molar-refractivity contribution >= 4 is 12.4 Å². The first-order chi connectivity index (χ1) is 3.93. The second-order valence-electron chi connectivity index (χ2n) is 2.07. The smallest absolute Gasteiger partial charge is 0.0711 e. The molecule has 0 aromatic heterocycles. The third-order valence-corrected chi connectivity index (χ3v) is 1.42. The van der Waals surface area contributed by atoms with Gasteiger partial charge in [0.25, 0.3) is 0 Å². The van der Waals surface area contributed by atoms with Gasteiger partial charge in [-0.1, -0.05) is 0 Å². The molecule has 1 rings (SSSR count). The molecule has 0 aromatic rings. The molecule has 0 aromatic carbocycles. The van der Waals surface area contributed by atoms with E-state index >= 15 is 0 Å². The highest BCUT2D eigenvalue weighted by Gasteiger charge is 2.12. The van der Waals surface area contributed by atoms with Crippen LogP contribution in [-0.4, -0.2) is 25.8 Å². The lowest BCUT2D eigenvalue weighted by atomic mass is 10.3. The molecule has 0 bridgehead atoms. The molecule has 0 spiro atoms. The lowest BCUT2D eigenvalue weighted by Crippen LogP contribution is -2.16. The molecule has 56 valence electrons. The van der Waals surface area contributed by atoms with Crippen molar-refractivity contribution in [2.45, 2.75) is 19.4 Å². The summed E-state index contributed by atoms with van der Waals surface area (Å²) in [6.07, 6.45) is 1.69. The summed E-state index contributed by atoms with van der Waals surface area (Å²) in [7, 11) is 0. The molecule has 1 aliphatic heterocycles. The molecule has 1 aliphatic rings. The third-order valence-electron chi connectivity index (χ3n) is 1.42. The highest BCUT2D eigenvalue weighted by atomic mass is 35.5. The summed E-state index contributed by atoms with van der Waals surface area (Å²) in [6.45, 7) is 5.07. The van der Waals surface area contributed by atoms with E-state index in [9.17, 15) is 0 Å². The van der Waals surface area contributed by atoms with E-state index in [1.54, 1.807) is 0 Å². The van der Waals surface area contributed by atoms with Crippen LogP contribution in [0.15, 0.2) is 0 Å². The van der Waals surface area contributed by atoms with Crippen molar-refractivity contribution in [3.63, 3.8) is 0 Å². The molecule has 1 N–H and O–H groups in total. The number of hydrogen-bond donors (Lipinski definition) is 1. The first-order valence-corrected chi connectivity index (χ1v) is 3.26. The van der Waals surface area contributed by atoms with Crippen LogP contribution in [0.4, 0.5) is 0 Å². The van der Waals surface area contributed by atoms with Gasteiger partial charge in [-0.05, 0) is 19.9 Å². The molecular weight excluding hydrogens is 138 g/mol. The predicted molar refractivity (Wildman–Crippen MR) is 40.1 cm³/mol. The molecule has 0 amide bonds. The Bertz CT molecular complexity index is 64.1. The van der Waals surface area contributed by atoms with Crippen LogP contribution in [0.25, 0.3) is 0 Å². The van der Waals surface area contributed by atoms with E-state index in [-0.39, 0.29) is 12.4 Å². The van der Waals surface area contributed by atoms with E-state index in [4.69, 9.17) is 4.74 Å². The quantitative estimate of drug-likeness (QED) is 0.631. The van der Waals surface area contributed by atoms with E-state index < -0.39 is 0 Å². The van der Waals surface area contributed by atoms with Crippen LogP contribution in [0, 0.1) is 0 Å². The lowest BCUT2D eigenvalue weighted by molar-refractivity contribution is 0.0775. The lowest BCUT2D eigenvalue weighted by Gasteiger charge is -2.05. The number of nitrogens with one attached hydrogen (secondary N) is 1. The van der Waals surface area contributed by atoms with Crippen LogP contribution in [0.1, 0.15) is 13.3 Å². The van der Waals surface area contributed by atoms with Gasteiger partial charge in [-0.25, -0.2) is 0 Å². The standard InChI is InChI=1S/C6H13NO.ClH/c1-2-8-6-3-4-7-5-6;/h6-7H,2-5H2,1H3;1H/t6-;/m0./s1. The van der Waals surface area contributed by atoms with Gasteiger partial charge in [0.1, 0.15) is 0 Å². The number of ether oxygens (including phenoxy) is 1. The molecule has 0 radical (unpaired) electrons. The highest BCUT2D eigenvalue weighted by Crippen LogP contribution is 2.01. The van der Waals surface area contributed by atoms with Crippen molar-refractivity contribution in [2.75, 3.05) is 19.7 Å². The Morgan fingerprint density at radius 1 is 1.67 bits per heavy atom. The minimum absolute atomic E-state index is 0. The average molecular weight is 152 g/mol.